The minimum Gasteiger partial charge on any atom is -0.314 e. The predicted octanol–water partition coefficient (Wildman–Crippen LogP) is 4.28. The maximum absolute atomic E-state index is 3.69. The zero-order valence-electron chi connectivity index (χ0n) is 11.2. The van der Waals surface area contributed by atoms with Crippen molar-refractivity contribution in [2.45, 2.75) is 31.7 Å². The predicted molar refractivity (Wildman–Crippen MR) is 85.5 cm³/mol. The van der Waals surface area contributed by atoms with Gasteiger partial charge in [0, 0.05) is 10.5 Å². The largest absolute Gasteiger partial charge is 0.314 e. The molecule has 0 spiro atoms. The Morgan fingerprint density at radius 3 is 2.89 bits per heavy atom. The van der Waals surface area contributed by atoms with Crippen molar-refractivity contribution < 1.29 is 0 Å². The van der Waals surface area contributed by atoms with Crippen LogP contribution in [-0.4, -0.2) is 24.6 Å². The molecule has 0 amide bonds. The van der Waals surface area contributed by atoms with Crippen LogP contribution in [0.15, 0.2) is 28.7 Å². The van der Waals surface area contributed by atoms with E-state index in [-0.39, 0.29) is 0 Å². The van der Waals surface area contributed by atoms with E-state index in [1.807, 2.05) is 11.8 Å². The molecule has 2 rings (SSSR count). The average Bonchev–Trinajstić information content (AvgIpc) is 2.27. The average molecular weight is 328 g/mol. The molecule has 0 saturated heterocycles. The van der Waals surface area contributed by atoms with Gasteiger partial charge in [0.25, 0.3) is 0 Å². The number of hydrogen-bond acceptors (Lipinski definition) is 2. The van der Waals surface area contributed by atoms with Crippen LogP contribution in [-0.2, 0) is 0 Å². The lowest BCUT2D eigenvalue weighted by atomic mass is 9.76. The molecule has 18 heavy (non-hydrogen) atoms. The molecule has 1 atom stereocenters. The summed E-state index contributed by atoms with van der Waals surface area (Å²) in [6, 6.07) is 9.49. The molecule has 1 aliphatic rings. The summed E-state index contributed by atoms with van der Waals surface area (Å²) in [5.74, 6) is 2.80. The topological polar surface area (TPSA) is 12.0 Å². The summed E-state index contributed by atoms with van der Waals surface area (Å²) in [5, 5.41) is 3.69. The fourth-order valence-electron chi connectivity index (χ4n) is 2.53. The normalized spacial score (nSPS) is 24.6. The molecule has 1 aromatic carbocycles. The number of nitrogens with one attached hydrogen (secondary N) is 1. The first-order valence-electron chi connectivity index (χ1n) is 6.67. The van der Waals surface area contributed by atoms with Crippen LogP contribution >= 0.6 is 27.7 Å². The lowest BCUT2D eigenvalue weighted by Crippen LogP contribution is -2.42. The molecule has 1 nitrogen and oxygen atoms in total. The van der Waals surface area contributed by atoms with Gasteiger partial charge < -0.3 is 5.32 Å². The zero-order chi connectivity index (χ0) is 13.0. The second kappa shape index (κ2) is 6.97. The molecule has 3 heteroatoms. The molecule has 1 aliphatic carbocycles. The van der Waals surface area contributed by atoms with E-state index in [1.165, 1.54) is 28.6 Å². The van der Waals surface area contributed by atoms with Crippen LogP contribution in [0.5, 0.6) is 0 Å². The van der Waals surface area contributed by atoms with Gasteiger partial charge in [0.1, 0.15) is 0 Å². The standard InChI is InChI=1S/C15H22BrNS/c1-11(10-18-2)9-17-15-7-13(8-15)12-4-3-5-14(16)6-12/h3-6,11,13,15,17H,7-10H2,1-2H3. The van der Waals surface area contributed by atoms with Crippen molar-refractivity contribution in [3.8, 4) is 0 Å². The summed E-state index contributed by atoms with van der Waals surface area (Å²) in [5.41, 5.74) is 1.49. The summed E-state index contributed by atoms with van der Waals surface area (Å²) in [7, 11) is 0. The van der Waals surface area contributed by atoms with Crippen molar-refractivity contribution in [2.24, 2.45) is 5.92 Å². The monoisotopic (exact) mass is 327 g/mol. The summed E-state index contributed by atoms with van der Waals surface area (Å²) in [6.07, 6.45) is 4.77. The highest BCUT2D eigenvalue weighted by Crippen LogP contribution is 2.37. The fourth-order valence-corrected chi connectivity index (χ4v) is 3.63. The van der Waals surface area contributed by atoms with Gasteiger partial charge in [0.05, 0.1) is 0 Å². The van der Waals surface area contributed by atoms with E-state index in [0.717, 1.165) is 24.4 Å². The van der Waals surface area contributed by atoms with Gasteiger partial charge in [-0.05, 0) is 60.9 Å². The molecule has 1 N–H and O–H groups in total. The van der Waals surface area contributed by atoms with Gasteiger partial charge in [-0.15, -0.1) is 0 Å². The molecule has 100 valence electrons. The van der Waals surface area contributed by atoms with E-state index in [1.54, 1.807) is 0 Å². The molecule has 1 unspecified atom stereocenters. The third-order valence-corrected chi connectivity index (χ3v) is 5.06. The molecule has 1 aromatic rings. The van der Waals surface area contributed by atoms with Gasteiger partial charge in [-0.2, -0.15) is 11.8 Å². The van der Waals surface area contributed by atoms with E-state index in [2.05, 4.69) is 58.7 Å². The van der Waals surface area contributed by atoms with Crippen LogP contribution in [0.3, 0.4) is 0 Å². The number of thioether (sulfide) groups is 1. The van der Waals surface area contributed by atoms with E-state index < -0.39 is 0 Å². The van der Waals surface area contributed by atoms with E-state index in [9.17, 15) is 0 Å². The van der Waals surface area contributed by atoms with Gasteiger partial charge in [0.2, 0.25) is 0 Å². The van der Waals surface area contributed by atoms with Crippen LogP contribution in [0.25, 0.3) is 0 Å². The Bertz CT molecular complexity index is 377. The van der Waals surface area contributed by atoms with Gasteiger partial charge in [-0.25, -0.2) is 0 Å². The van der Waals surface area contributed by atoms with Crippen LogP contribution in [0.1, 0.15) is 31.2 Å². The Morgan fingerprint density at radius 1 is 1.44 bits per heavy atom. The minimum atomic E-state index is 0.735. The van der Waals surface area contributed by atoms with Crippen LogP contribution < -0.4 is 5.32 Å². The Labute approximate surface area is 123 Å². The highest BCUT2D eigenvalue weighted by atomic mass is 79.9. The number of hydrogen-bond donors (Lipinski definition) is 1. The molecule has 0 radical (unpaired) electrons. The van der Waals surface area contributed by atoms with Crippen molar-refractivity contribution >= 4 is 27.7 Å². The molecule has 0 aromatic heterocycles. The van der Waals surface area contributed by atoms with Crippen LogP contribution in [0.2, 0.25) is 0 Å². The lowest BCUT2D eigenvalue weighted by Gasteiger charge is -2.37. The highest BCUT2D eigenvalue weighted by Gasteiger charge is 2.29. The fraction of sp³-hybridized carbons (Fsp3) is 0.600. The summed E-state index contributed by atoms with van der Waals surface area (Å²) < 4.78 is 1.20. The van der Waals surface area contributed by atoms with Gasteiger partial charge in [-0.1, -0.05) is 35.0 Å². The molecule has 0 aliphatic heterocycles. The maximum atomic E-state index is 3.69. The van der Waals surface area contributed by atoms with Crippen molar-refractivity contribution in [1.82, 2.24) is 5.32 Å². The number of halogens is 1. The minimum absolute atomic E-state index is 0.735. The highest BCUT2D eigenvalue weighted by molar-refractivity contribution is 9.10. The Morgan fingerprint density at radius 2 is 2.22 bits per heavy atom. The van der Waals surface area contributed by atoms with Crippen molar-refractivity contribution in [1.29, 1.82) is 0 Å². The molecule has 1 fully saturated rings. The second-order valence-corrected chi connectivity index (χ2v) is 7.22. The SMILES string of the molecule is CSCC(C)CNC1CC(c2cccc(Br)c2)C1. The quantitative estimate of drug-likeness (QED) is 0.836. The first kappa shape index (κ1) is 14.4. The summed E-state index contributed by atoms with van der Waals surface area (Å²) in [6.45, 7) is 3.49. The summed E-state index contributed by atoms with van der Waals surface area (Å²) >= 11 is 5.49. The van der Waals surface area contributed by atoms with Crippen molar-refractivity contribution in [2.75, 3.05) is 18.6 Å². The molecule has 0 heterocycles. The first-order valence-corrected chi connectivity index (χ1v) is 8.85. The third-order valence-electron chi connectivity index (χ3n) is 3.66. The first-order chi connectivity index (χ1) is 8.69. The number of rotatable bonds is 6. The second-order valence-electron chi connectivity index (χ2n) is 5.39. The summed E-state index contributed by atoms with van der Waals surface area (Å²) in [4.78, 5) is 0. The maximum Gasteiger partial charge on any atom is 0.0178 e. The molecular weight excluding hydrogens is 306 g/mol. The van der Waals surface area contributed by atoms with E-state index in [0.29, 0.717) is 0 Å². The van der Waals surface area contributed by atoms with Gasteiger partial charge >= 0.3 is 0 Å². The Hall–Kier alpha value is 0.01000. The van der Waals surface area contributed by atoms with E-state index in [4.69, 9.17) is 0 Å². The zero-order valence-corrected chi connectivity index (χ0v) is 13.6. The third kappa shape index (κ3) is 4.01. The van der Waals surface area contributed by atoms with Crippen molar-refractivity contribution in [3.05, 3.63) is 34.3 Å². The van der Waals surface area contributed by atoms with Crippen molar-refractivity contribution in [3.63, 3.8) is 0 Å². The van der Waals surface area contributed by atoms with E-state index >= 15 is 0 Å². The number of benzene rings is 1. The van der Waals surface area contributed by atoms with Gasteiger partial charge in [-0.3, -0.25) is 0 Å². The Kier molecular flexibility index (Phi) is 5.58. The van der Waals surface area contributed by atoms with Crippen LogP contribution in [0, 0.1) is 5.92 Å². The molecule has 0 bridgehead atoms. The smallest absolute Gasteiger partial charge is 0.0178 e. The lowest BCUT2D eigenvalue weighted by molar-refractivity contribution is 0.282. The Balaban J connectivity index is 1.71. The molecular formula is C15H22BrNS. The van der Waals surface area contributed by atoms with Gasteiger partial charge in [0.15, 0.2) is 0 Å². The molecule has 1 saturated carbocycles. The van der Waals surface area contributed by atoms with Crippen LogP contribution in [0.4, 0.5) is 0 Å².